The number of para-hydroxylation sites is 1. The maximum Gasteiger partial charge on any atom is 0.144 e. The van der Waals surface area contributed by atoms with Crippen LogP contribution in [0.15, 0.2) is 30.3 Å². The molecule has 0 saturated heterocycles. The summed E-state index contributed by atoms with van der Waals surface area (Å²) in [5, 5.41) is 13.2. The Hall–Kier alpha value is -2.12. The molecule has 2 rings (SSSR count). The zero-order valence-corrected chi connectivity index (χ0v) is 9.64. The van der Waals surface area contributed by atoms with Gasteiger partial charge in [-0.1, -0.05) is 18.2 Å². The highest BCUT2D eigenvalue weighted by Gasteiger charge is 2.08. The van der Waals surface area contributed by atoms with Gasteiger partial charge in [0.15, 0.2) is 0 Å². The van der Waals surface area contributed by atoms with E-state index in [1.54, 1.807) is 0 Å². The molecule has 0 aliphatic carbocycles. The number of benzene rings is 1. The topological polar surface area (TPSA) is 74.7 Å². The van der Waals surface area contributed by atoms with E-state index in [0.29, 0.717) is 17.9 Å². The predicted octanol–water partition coefficient (Wildman–Crippen LogP) is 1.87. The van der Waals surface area contributed by atoms with Crippen LogP contribution in [0.2, 0.25) is 0 Å². The lowest BCUT2D eigenvalue weighted by molar-refractivity contribution is 0.798. The Morgan fingerprint density at radius 3 is 2.94 bits per heavy atom. The molecule has 0 spiro atoms. The van der Waals surface area contributed by atoms with Gasteiger partial charge in [0.25, 0.3) is 0 Å². The highest BCUT2D eigenvalue weighted by atomic mass is 15.0. The average Bonchev–Trinajstić information content (AvgIpc) is 2.37. The van der Waals surface area contributed by atoms with E-state index in [2.05, 4.69) is 16.4 Å². The SMILES string of the molecule is CC(CN)Nc1nc2ccccc2cc1C#N. The molecule has 1 heterocycles. The summed E-state index contributed by atoms with van der Waals surface area (Å²) >= 11 is 0. The molecule has 0 aliphatic rings. The van der Waals surface area contributed by atoms with Crippen LogP contribution in [0, 0.1) is 11.3 Å². The fourth-order valence-corrected chi connectivity index (χ4v) is 1.60. The molecule has 1 aromatic heterocycles. The molecule has 2 aromatic rings. The minimum Gasteiger partial charge on any atom is -0.365 e. The first-order chi connectivity index (χ1) is 8.24. The van der Waals surface area contributed by atoms with Crippen molar-refractivity contribution >= 4 is 16.7 Å². The molecule has 1 unspecified atom stereocenters. The van der Waals surface area contributed by atoms with Crippen molar-refractivity contribution in [3.63, 3.8) is 0 Å². The van der Waals surface area contributed by atoms with Crippen LogP contribution in [0.1, 0.15) is 12.5 Å². The molecular formula is C13H14N4. The first kappa shape index (κ1) is 11.4. The number of nitriles is 1. The molecule has 3 N–H and O–H groups in total. The number of anilines is 1. The van der Waals surface area contributed by atoms with Crippen LogP contribution in [0.5, 0.6) is 0 Å². The Kier molecular flexibility index (Phi) is 3.22. The van der Waals surface area contributed by atoms with Crippen LogP contribution in [0.3, 0.4) is 0 Å². The quantitative estimate of drug-likeness (QED) is 0.837. The van der Waals surface area contributed by atoms with Crippen molar-refractivity contribution in [3.8, 4) is 6.07 Å². The van der Waals surface area contributed by atoms with Gasteiger partial charge >= 0.3 is 0 Å². The summed E-state index contributed by atoms with van der Waals surface area (Å²) in [6.45, 7) is 2.46. The van der Waals surface area contributed by atoms with Crippen LogP contribution in [-0.2, 0) is 0 Å². The second-order valence-corrected chi connectivity index (χ2v) is 3.97. The molecule has 1 atom stereocenters. The predicted molar refractivity (Wildman–Crippen MR) is 68.6 cm³/mol. The van der Waals surface area contributed by atoms with Crippen molar-refractivity contribution in [1.82, 2.24) is 4.98 Å². The van der Waals surface area contributed by atoms with Gasteiger partial charge in [0.2, 0.25) is 0 Å². The van der Waals surface area contributed by atoms with Gasteiger partial charge < -0.3 is 11.1 Å². The molecule has 0 bridgehead atoms. The Balaban J connectivity index is 2.50. The van der Waals surface area contributed by atoms with Crippen molar-refractivity contribution in [2.75, 3.05) is 11.9 Å². The smallest absolute Gasteiger partial charge is 0.144 e. The van der Waals surface area contributed by atoms with E-state index < -0.39 is 0 Å². The lowest BCUT2D eigenvalue weighted by Gasteiger charge is -2.13. The fourth-order valence-electron chi connectivity index (χ4n) is 1.60. The monoisotopic (exact) mass is 226 g/mol. The summed E-state index contributed by atoms with van der Waals surface area (Å²) in [7, 11) is 0. The molecule has 4 nitrogen and oxygen atoms in total. The van der Waals surface area contributed by atoms with Crippen molar-refractivity contribution < 1.29 is 0 Å². The number of hydrogen-bond donors (Lipinski definition) is 2. The highest BCUT2D eigenvalue weighted by molar-refractivity contribution is 5.82. The summed E-state index contributed by atoms with van der Waals surface area (Å²) in [6, 6.07) is 11.8. The summed E-state index contributed by atoms with van der Waals surface area (Å²) in [4.78, 5) is 4.44. The van der Waals surface area contributed by atoms with Crippen molar-refractivity contribution in [2.45, 2.75) is 13.0 Å². The van der Waals surface area contributed by atoms with E-state index >= 15 is 0 Å². The van der Waals surface area contributed by atoms with Crippen molar-refractivity contribution in [3.05, 3.63) is 35.9 Å². The van der Waals surface area contributed by atoms with Gasteiger partial charge in [-0.05, 0) is 19.1 Å². The molecule has 17 heavy (non-hydrogen) atoms. The van der Waals surface area contributed by atoms with Gasteiger partial charge in [-0.3, -0.25) is 0 Å². The standard InChI is InChI=1S/C13H14N4/c1-9(7-14)16-13-11(8-15)6-10-4-2-3-5-12(10)17-13/h2-6,9H,7,14H2,1H3,(H,16,17). The summed E-state index contributed by atoms with van der Waals surface area (Å²) in [5.74, 6) is 0.601. The summed E-state index contributed by atoms with van der Waals surface area (Å²) in [5.41, 5.74) is 6.97. The third-order valence-electron chi connectivity index (χ3n) is 2.58. The Bertz CT molecular complexity index is 571. The molecule has 0 radical (unpaired) electrons. The molecule has 86 valence electrons. The van der Waals surface area contributed by atoms with Crippen LogP contribution in [0.25, 0.3) is 10.9 Å². The van der Waals surface area contributed by atoms with E-state index in [1.165, 1.54) is 0 Å². The van der Waals surface area contributed by atoms with Crippen molar-refractivity contribution in [2.24, 2.45) is 5.73 Å². The van der Waals surface area contributed by atoms with Crippen LogP contribution in [0.4, 0.5) is 5.82 Å². The molecular weight excluding hydrogens is 212 g/mol. The Labute approximate surface area is 100 Å². The van der Waals surface area contributed by atoms with E-state index in [-0.39, 0.29) is 6.04 Å². The number of aromatic nitrogens is 1. The maximum atomic E-state index is 9.10. The zero-order chi connectivity index (χ0) is 12.3. The zero-order valence-electron chi connectivity index (χ0n) is 9.64. The number of rotatable bonds is 3. The van der Waals surface area contributed by atoms with E-state index in [1.807, 2.05) is 37.3 Å². The van der Waals surface area contributed by atoms with Crippen LogP contribution >= 0.6 is 0 Å². The molecule has 0 fully saturated rings. The largest absolute Gasteiger partial charge is 0.365 e. The lowest BCUT2D eigenvalue weighted by Crippen LogP contribution is -2.26. The van der Waals surface area contributed by atoms with Gasteiger partial charge in [-0.15, -0.1) is 0 Å². The minimum atomic E-state index is 0.0933. The van der Waals surface area contributed by atoms with Gasteiger partial charge in [0, 0.05) is 18.0 Å². The third kappa shape index (κ3) is 2.35. The number of pyridine rings is 1. The van der Waals surface area contributed by atoms with Gasteiger partial charge in [-0.2, -0.15) is 5.26 Å². The second kappa shape index (κ2) is 4.81. The molecule has 0 aliphatic heterocycles. The van der Waals surface area contributed by atoms with Gasteiger partial charge in [-0.25, -0.2) is 4.98 Å². The van der Waals surface area contributed by atoms with Crippen LogP contribution in [-0.4, -0.2) is 17.6 Å². The average molecular weight is 226 g/mol. The lowest BCUT2D eigenvalue weighted by atomic mass is 10.1. The number of hydrogen-bond acceptors (Lipinski definition) is 4. The second-order valence-electron chi connectivity index (χ2n) is 3.97. The molecule has 0 amide bonds. The summed E-state index contributed by atoms with van der Waals surface area (Å²) < 4.78 is 0. The number of nitrogens with two attached hydrogens (primary N) is 1. The first-order valence-electron chi connectivity index (χ1n) is 5.51. The maximum absolute atomic E-state index is 9.10. The molecule has 1 aromatic carbocycles. The highest BCUT2D eigenvalue weighted by Crippen LogP contribution is 2.20. The fraction of sp³-hybridized carbons (Fsp3) is 0.231. The van der Waals surface area contributed by atoms with Crippen LogP contribution < -0.4 is 11.1 Å². The third-order valence-corrected chi connectivity index (χ3v) is 2.58. The van der Waals surface area contributed by atoms with E-state index in [0.717, 1.165) is 10.9 Å². The van der Waals surface area contributed by atoms with Gasteiger partial charge in [0.05, 0.1) is 11.1 Å². The molecule has 4 heteroatoms. The first-order valence-corrected chi connectivity index (χ1v) is 5.51. The van der Waals surface area contributed by atoms with Crippen molar-refractivity contribution in [1.29, 1.82) is 5.26 Å². The number of fused-ring (bicyclic) bond motifs is 1. The number of nitrogens with one attached hydrogen (secondary N) is 1. The molecule has 0 saturated carbocycles. The Morgan fingerprint density at radius 1 is 1.47 bits per heavy atom. The minimum absolute atomic E-state index is 0.0933. The van der Waals surface area contributed by atoms with E-state index in [9.17, 15) is 0 Å². The summed E-state index contributed by atoms with van der Waals surface area (Å²) in [6.07, 6.45) is 0. The Morgan fingerprint density at radius 2 is 2.24 bits per heavy atom. The van der Waals surface area contributed by atoms with E-state index in [4.69, 9.17) is 11.0 Å². The normalized spacial score (nSPS) is 12.1. The number of nitrogens with zero attached hydrogens (tertiary/aromatic N) is 2. The van der Waals surface area contributed by atoms with Gasteiger partial charge in [0.1, 0.15) is 11.9 Å².